The van der Waals surface area contributed by atoms with Crippen molar-refractivity contribution in [1.29, 1.82) is 0 Å². The average Bonchev–Trinajstić information content (AvgIpc) is 2.05. The van der Waals surface area contributed by atoms with Crippen LogP contribution in [-0.2, 0) is 4.74 Å². The molecular formula is C12H22NO2. The third kappa shape index (κ3) is 4.54. The molecule has 1 radical (unpaired) electrons. The van der Waals surface area contributed by atoms with Gasteiger partial charge in [0.25, 0.3) is 0 Å². The maximum atomic E-state index is 11.5. The van der Waals surface area contributed by atoms with Gasteiger partial charge in [0.15, 0.2) is 0 Å². The zero-order chi connectivity index (χ0) is 11.5. The molecule has 3 nitrogen and oxygen atoms in total. The van der Waals surface area contributed by atoms with Crippen molar-refractivity contribution in [3.05, 3.63) is 6.42 Å². The number of carbonyl (C=O) groups excluding carboxylic acids is 1. The van der Waals surface area contributed by atoms with Gasteiger partial charge in [0.05, 0.1) is 0 Å². The van der Waals surface area contributed by atoms with E-state index >= 15 is 0 Å². The molecule has 1 amide bonds. The first-order valence-corrected chi connectivity index (χ1v) is 5.69. The third-order valence-corrected chi connectivity index (χ3v) is 2.64. The molecule has 1 aliphatic rings. The van der Waals surface area contributed by atoms with Crippen molar-refractivity contribution < 1.29 is 9.53 Å². The summed E-state index contributed by atoms with van der Waals surface area (Å²) < 4.78 is 5.22. The zero-order valence-electron chi connectivity index (χ0n) is 10.2. The van der Waals surface area contributed by atoms with Gasteiger partial charge in [-0.05, 0) is 52.4 Å². The Morgan fingerprint density at radius 3 is 2.67 bits per heavy atom. The molecule has 0 aliphatic heterocycles. The fraction of sp³-hybridized carbons (Fsp3) is 0.833. The molecule has 0 aromatic rings. The van der Waals surface area contributed by atoms with Crippen LogP contribution in [0, 0.1) is 12.3 Å². The number of alkyl carbamates (subject to hydrolysis) is 1. The van der Waals surface area contributed by atoms with Crippen molar-refractivity contribution in [3.63, 3.8) is 0 Å². The van der Waals surface area contributed by atoms with Gasteiger partial charge in [-0.2, -0.15) is 0 Å². The number of carbonyl (C=O) groups is 1. The number of nitrogens with one attached hydrogen (secondary N) is 1. The van der Waals surface area contributed by atoms with E-state index in [1.165, 1.54) is 0 Å². The first-order chi connectivity index (χ1) is 6.88. The summed E-state index contributed by atoms with van der Waals surface area (Å²) >= 11 is 0. The molecule has 1 fully saturated rings. The number of ether oxygens (including phenoxy) is 1. The molecule has 87 valence electrons. The molecule has 0 spiro atoms. The minimum Gasteiger partial charge on any atom is -0.444 e. The van der Waals surface area contributed by atoms with Crippen LogP contribution >= 0.6 is 0 Å². The Bertz CT molecular complexity index is 220. The van der Waals surface area contributed by atoms with Gasteiger partial charge in [-0.3, -0.25) is 0 Å². The Balaban J connectivity index is 2.36. The zero-order valence-corrected chi connectivity index (χ0v) is 10.2. The summed E-state index contributed by atoms with van der Waals surface area (Å²) in [6, 6.07) is 0.244. The molecule has 3 heteroatoms. The second-order valence-corrected chi connectivity index (χ2v) is 5.33. The largest absolute Gasteiger partial charge is 0.444 e. The average molecular weight is 212 g/mol. The van der Waals surface area contributed by atoms with E-state index in [9.17, 15) is 4.79 Å². The molecule has 1 aliphatic carbocycles. The molecule has 1 N–H and O–H groups in total. The molecule has 0 bridgehead atoms. The normalized spacial score (nSPS) is 27.2. The second kappa shape index (κ2) is 4.86. The Kier molecular flexibility index (Phi) is 4.00. The smallest absolute Gasteiger partial charge is 0.407 e. The van der Waals surface area contributed by atoms with Crippen molar-refractivity contribution in [2.45, 2.75) is 58.6 Å². The fourth-order valence-corrected chi connectivity index (χ4v) is 1.77. The van der Waals surface area contributed by atoms with Crippen LogP contribution in [0.4, 0.5) is 4.79 Å². The predicted molar refractivity (Wildman–Crippen MR) is 60.5 cm³/mol. The lowest BCUT2D eigenvalue weighted by Gasteiger charge is -2.30. The molecule has 0 saturated heterocycles. The van der Waals surface area contributed by atoms with Crippen LogP contribution in [-0.4, -0.2) is 17.7 Å². The summed E-state index contributed by atoms with van der Waals surface area (Å²) in [5.41, 5.74) is -0.411. The van der Waals surface area contributed by atoms with E-state index < -0.39 is 5.60 Å². The minimum absolute atomic E-state index is 0.244. The van der Waals surface area contributed by atoms with Crippen LogP contribution < -0.4 is 5.32 Å². The van der Waals surface area contributed by atoms with Crippen molar-refractivity contribution in [1.82, 2.24) is 5.32 Å². The van der Waals surface area contributed by atoms with Gasteiger partial charge in [0, 0.05) is 6.04 Å². The van der Waals surface area contributed by atoms with Crippen LogP contribution in [0.2, 0.25) is 0 Å². The van der Waals surface area contributed by atoms with E-state index in [-0.39, 0.29) is 12.1 Å². The Morgan fingerprint density at radius 1 is 1.47 bits per heavy atom. The van der Waals surface area contributed by atoms with Crippen molar-refractivity contribution >= 4 is 6.09 Å². The van der Waals surface area contributed by atoms with E-state index in [1.807, 2.05) is 20.8 Å². The Labute approximate surface area is 92.6 Å². The van der Waals surface area contributed by atoms with E-state index in [2.05, 4.69) is 18.7 Å². The minimum atomic E-state index is -0.411. The lowest BCUT2D eigenvalue weighted by molar-refractivity contribution is 0.0481. The summed E-state index contributed by atoms with van der Waals surface area (Å²) in [7, 11) is 0. The molecule has 0 aromatic carbocycles. The molecule has 0 unspecified atom stereocenters. The summed E-state index contributed by atoms with van der Waals surface area (Å²) in [5.74, 6) is 0.544. The van der Waals surface area contributed by atoms with Gasteiger partial charge >= 0.3 is 6.09 Å². The van der Waals surface area contributed by atoms with Crippen LogP contribution in [0.25, 0.3) is 0 Å². The van der Waals surface area contributed by atoms with Crippen LogP contribution in [0.15, 0.2) is 0 Å². The van der Waals surface area contributed by atoms with E-state index in [1.54, 1.807) is 0 Å². The van der Waals surface area contributed by atoms with Crippen molar-refractivity contribution in [2.24, 2.45) is 5.92 Å². The summed E-state index contributed by atoms with van der Waals surface area (Å²) in [4.78, 5) is 11.5. The highest BCUT2D eigenvalue weighted by Gasteiger charge is 2.25. The topological polar surface area (TPSA) is 38.3 Å². The van der Waals surface area contributed by atoms with Crippen LogP contribution in [0.3, 0.4) is 0 Å². The second-order valence-electron chi connectivity index (χ2n) is 5.33. The van der Waals surface area contributed by atoms with Crippen molar-refractivity contribution in [2.75, 3.05) is 0 Å². The van der Waals surface area contributed by atoms with Crippen LogP contribution in [0.1, 0.15) is 47.0 Å². The highest BCUT2D eigenvalue weighted by molar-refractivity contribution is 5.68. The maximum absolute atomic E-state index is 11.5. The number of hydrogen-bond donors (Lipinski definition) is 1. The van der Waals surface area contributed by atoms with Gasteiger partial charge in [-0.1, -0.05) is 6.92 Å². The molecule has 0 aromatic heterocycles. The monoisotopic (exact) mass is 212 g/mol. The number of amides is 1. The Hall–Kier alpha value is -0.730. The fourth-order valence-electron chi connectivity index (χ4n) is 1.77. The number of rotatable bonds is 1. The molecule has 2 atom stereocenters. The van der Waals surface area contributed by atoms with E-state index in [0.717, 1.165) is 19.3 Å². The van der Waals surface area contributed by atoms with Gasteiger partial charge in [0.2, 0.25) is 0 Å². The van der Waals surface area contributed by atoms with Gasteiger partial charge in [-0.15, -0.1) is 0 Å². The highest BCUT2D eigenvalue weighted by Crippen LogP contribution is 2.23. The highest BCUT2D eigenvalue weighted by atomic mass is 16.6. The predicted octanol–water partition coefficient (Wildman–Crippen LogP) is 2.90. The van der Waals surface area contributed by atoms with Gasteiger partial charge in [0.1, 0.15) is 5.60 Å². The number of hydrogen-bond acceptors (Lipinski definition) is 2. The third-order valence-electron chi connectivity index (χ3n) is 2.64. The van der Waals surface area contributed by atoms with Gasteiger partial charge < -0.3 is 10.1 Å². The molecule has 1 saturated carbocycles. The molecule has 0 heterocycles. The lowest BCUT2D eigenvalue weighted by Crippen LogP contribution is -2.43. The first kappa shape index (κ1) is 12.3. The maximum Gasteiger partial charge on any atom is 0.407 e. The molecule has 15 heavy (non-hydrogen) atoms. The van der Waals surface area contributed by atoms with Gasteiger partial charge in [-0.25, -0.2) is 4.79 Å². The summed E-state index contributed by atoms with van der Waals surface area (Å²) in [6.45, 7) is 7.81. The van der Waals surface area contributed by atoms with E-state index in [4.69, 9.17) is 4.74 Å². The summed E-state index contributed by atoms with van der Waals surface area (Å²) in [6.07, 6.45) is 5.21. The van der Waals surface area contributed by atoms with E-state index in [0.29, 0.717) is 5.92 Å². The summed E-state index contributed by atoms with van der Waals surface area (Å²) in [5, 5.41) is 2.93. The lowest BCUT2D eigenvalue weighted by atomic mass is 9.86. The molecule has 1 rings (SSSR count). The van der Waals surface area contributed by atoms with Crippen LogP contribution in [0.5, 0.6) is 0 Å². The Morgan fingerprint density at radius 2 is 2.13 bits per heavy atom. The standard InChI is InChI=1S/C12H22NO2/c1-9-7-5-6-8-10(9)13-11(14)15-12(2,3)4/h6,9-10H,5,7-8H2,1-4H3,(H,13,14)/t9-,10-/m0/s1. The molecular weight excluding hydrogens is 190 g/mol. The SMILES string of the molecule is C[C@H]1CC[CH]C[C@@H]1NC(=O)OC(C)(C)C. The quantitative estimate of drug-likeness (QED) is 0.725. The van der Waals surface area contributed by atoms with Crippen molar-refractivity contribution in [3.8, 4) is 0 Å². The first-order valence-electron chi connectivity index (χ1n) is 5.69.